The molecule has 1 atom stereocenters. The maximum Gasteiger partial charge on any atom is 0.229 e. The summed E-state index contributed by atoms with van der Waals surface area (Å²) in [5, 5.41) is 12.6. The van der Waals surface area contributed by atoms with Crippen LogP contribution < -0.4 is 10.2 Å². The van der Waals surface area contributed by atoms with Crippen LogP contribution in [0, 0.1) is 12.8 Å². The number of nitrogens with one attached hydrogen (secondary N) is 1. The molecule has 1 aliphatic rings. The highest BCUT2D eigenvalue weighted by atomic mass is 16.3. The minimum atomic E-state index is -0.440. The second kappa shape index (κ2) is 7.20. The van der Waals surface area contributed by atoms with E-state index < -0.39 is 5.92 Å². The van der Waals surface area contributed by atoms with Gasteiger partial charge in [0.1, 0.15) is 5.75 Å². The van der Waals surface area contributed by atoms with Crippen LogP contribution in [0.4, 0.5) is 11.4 Å². The first kappa shape index (κ1) is 18.0. The van der Waals surface area contributed by atoms with Crippen LogP contribution in [0.2, 0.25) is 0 Å². The fourth-order valence-electron chi connectivity index (χ4n) is 3.17. The van der Waals surface area contributed by atoms with Crippen LogP contribution in [-0.2, 0) is 9.59 Å². The minimum Gasteiger partial charge on any atom is -0.506 e. The number of amides is 2. The zero-order chi connectivity index (χ0) is 18.8. The number of phenols is 1. The first-order valence-corrected chi connectivity index (χ1v) is 8.86. The number of carbonyl (C=O) groups excluding carboxylic acids is 2. The van der Waals surface area contributed by atoms with Crippen LogP contribution in [0.5, 0.6) is 5.75 Å². The van der Waals surface area contributed by atoms with E-state index >= 15 is 0 Å². The summed E-state index contributed by atoms with van der Waals surface area (Å²) in [4.78, 5) is 26.7. The van der Waals surface area contributed by atoms with Gasteiger partial charge in [-0.15, -0.1) is 0 Å². The van der Waals surface area contributed by atoms with Crippen molar-refractivity contribution in [2.75, 3.05) is 16.8 Å². The highest BCUT2D eigenvalue weighted by Crippen LogP contribution is 2.30. The molecule has 1 unspecified atom stereocenters. The average molecular weight is 352 g/mol. The van der Waals surface area contributed by atoms with Crippen molar-refractivity contribution in [2.45, 2.75) is 33.1 Å². The Balaban J connectivity index is 1.74. The van der Waals surface area contributed by atoms with E-state index in [2.05, 4.69) is 19.2 Å². The van der Waals surface area contributed by atoms with Gasteiger partial charge in [0.25, 0.3) is 0 Å². The number of benzene rings is 2. The van der Waals surface area contributed by atoms with Crippen LogP contribution in [0.25, 0.3) is 0 Å². The normalized spacial score (nSPS) is 17.0. The van der Waals surface area contributed by atoms with Crippen molar-refractivity contribution in [1.29, 1.82) is 0 Å². The summed E-state index contributed by atoms with van der Waals surface area (Å²) in [6.07, 6.45) is 0.171. The maximum atomic E-state index is 12.6. The SMILES string of the molecule is Cc1ccc(O)c(NC(=O)C2CC(=O)N(c3cccc(C(C)C)c3)C2)c1. The number of hydrogen-bond acceptors (Lipinski definition) is 3. The molecule has 1 saturated heterocycles. The smallest absolute Gasteiger partial charge is 0.229 e. The van der Waals surface area contributed by atoms with Crippen LogP contribution in [-0.4, -0.2) is 23.5 Å². The van der Waals surface area contributed by atoms with Crippen molar-refractivity contribution in [3.63, 3.8) is 0 Å². The molecule has 26 heavy (non-hydrogen) atoms. The molecule has 2 N–H and O–H groups in total. The molecule has 0 radical (unpaired) electrons. The quantitative estimate of drug-likeness (QED) is 0.822. The van der Waals surface area contributed by atoms with Gasteiger partial charge in [-0.25, -0.2) is 0 Å². The molecule has 3 rings (SSSR count). The van der Waals surface area contributed by atoms with Crippen LogP contribution >= 0.6 is 0 Å². The van der Waals surface area contributed by atoms with Crippen molar-refractivity contribution in [3.8, 4) is 5.75 Å². The fourth-order valence-corrected chi connectivity index (χ4v) is 3.17. The molecule has 0 bridgehead atoms. The van der Waals surface area contributed by atoms with Gasteiger partial charge in [0.05, 0.1) is 11.6 Å². The monoisotopic (exact) mass is 352 g/mol. The Labute approximate surface area is 153 Å². The Kier molecular flexibility index (Phi) is 4.98. The second-order valence-corrected chi connectivity index (χ2v) is 7.16. The van der Waals surface area contributed by atoms with E-state index in [4.69, 9.17) is 0 Å². The van der Waals surface area contributed by atoms with Crippen molar-refractivity contribution < 1.29 is 14.7 Å². The summed E-state index contributed by atoms with van der Waals surface area (Å²) < 4.78 is 0. The molecule has 2 amide bonds. The molecular weight excluding hydrogens is 328 g/mol. The van der Waals surface area contributed by atoms with Gasteiger partial charge < -0.3 is 15.3 Å². The van der Waals surface area contributed by atoms with Gasteiger partial charge in [0.2, 0.25) is 11.8 Å². The third-order valence-corrected chi connectivity index (χ3v) is 4.75. The highest BCUT2D eigenvalue weighted by molar-refractivity contribution is 6.04. The Morgan fingerprint density at radius 3 is 2.73 bits per heavy atom. The number of hydrogen-bond donors (Lipinski definition) is 2. The molecular formula is C21H24N2O3. The average Bonchev–Trinajstić information content (AvgIpc) is 3.00. The summed E-state index contributed by atoms with van der Waals surface area (Å²) in [5.41, 5.74) is 3.30. The fraction of sp³-hybridized carbons (Fsp3) is 0.333. The number of aromatic hydroxyl groups is 1. The van der Waals surface area contributed by atoms with Crippen LogP contribution in [0.15, 0.2) is 42.5 Å². The predicted octanol–water partition coefficient (Wildman–Crippen LogP) is 3.82. The van der Waals surface area contributed by atoms with Crippen molar-refractivity contribution >= 4 is 23.2 Å². The highest BCUT2D eigenvalue weighted by Gasteiger charge is 2.35. The Morgan fingerprint density at radius 2 is 2.00 bits per heavy atom. The standard InChI is InChI=1S/C21H24N2O3/c1-13(2)15-5-4-6-17(10-15)23-12-16(11-20(23)25)21(26)22-18-9-14(3)7-8-19(18)24/h4-10,13,16,24H,11-12H2,1-3H3,(H,22,26). The third kappa shape index (κ3) is 3.72. The number of phenolic OH excluding ortho intramolecular Hbond substituents is 1. The molecule has 1 heterocycles. The van der Waals surface area contributed by atoms with Gasteiger partial charge in [-0.2, -0.15) is 0 Å². The number of anilines is 2. The van der Waals surface area contributed by atoms with Gasteiger partial charge in [0.15, 0.2) is 0 Å². The first-order chi connectivity index (χ1) is 12.3. The third-order valence-electron chi connectivity index (χ3n) is 4.75. The van der Waals surface area contributed by atoms with Gasteiger partial charge in [-0.05, 0) is 48.2 Å². The zero-order valence-corrected chi connectivity index (χ0v) is 15.3. The lowest BCUT2D eigenvalue weighted by Gasteiger charge is -2.18. The number of rotatable bonds is 4. The number of nitrogens with zero attached hydrogens (tertiary/aromatic N) is 1. The summed E-state index contributed by atoms with van der Waals surface area (Å²) in [6, 6.07) is 12.9. The van der Waals surface area contributed by atoms with Crippen LogP contribution in [0.3, 0.4) is 0 Å². The van der Waals surface area contributed by atoms with Crippen molar-refractivity contribution in [3.05, 3.63) is 53.6 Å². The van der Waals surface area contributed by atoms with E-state index in [1.807, 2.05) is 31.2 Å². The minimum absolute atomic E-state index is 0.0229. The molecule has 2 aromatic rings. The van der Waals surface area contributed by atoms with Gasteiger partial charge in [-0.1, -0.05) is 32.0 Å². The van der Waals surface area contributed by atoms with Gasteiger partial charge >= 0.3 is 0 Å². The lowest BCUT2D eigenvalue weighted by Crippen LogP contribution is -2.28. The Hall–Kier alpha value is -2.82. The first-order valence-electron chi connectivity index (χ1n) is 8.86. The molecule has 0 aliphatic carbocycles. The second-order valence-electron chi connectivity index (χ2n) is 7.16. The van der Waals surface area contributed by atoms with E-state index in [9.17, 15) is 14.7 Å². The molecule has 2 aromatic carbocycles. The van der Waals surface area contributed by atoms with E-state index in [1.165, 1.54) is 0 Å². The molecule has 0 spiro atoms. The largest absolute Gasteiger partial charge is 0.506 e. The molecule has 136 valence electrons. The summed E-state index contributed by atoms with van der Waals surface area (Å²) in [7, 11) is 0. The van der Waals surface area contributed by atoms with E-state index in [0.29, 0.717) is 18.2 Å². The molecule has 0 aromatic heterocycles. The van der Waals surface area contributed by atoms with Gasteiger partial charge in [-0.3, -0.25) is 9.59 Å². The van der Waals surface area contributed by atoms with Crippen LogP contribution in [0.1, 0.15) is 37.3 Å². The zero-order valence-electron chi connectivity index (χ0n) is 15.3. The van der Waals surface area contributed by atoms with Crippen molar-refractivity contribution in [1.82, 2.24) is 0 Å². The number of carbonyl (C=O) groups is 2. The lowest BCUT2D eigenvalue weighted by molar-refractivity contribution is -0.122. The summed E-state index contributed by atoms with van der Waals surface area (Å²) in [5.74, 6) is -0.350. The van der Waals surface area contributed by atoms with E-state index in [-0.39, 0.29) is 24.0 Å². The predicted molar refractivity (Wildman–Crippen MR) is 102 cm³/mol. The van der Waals surface area contributed by atoms with E-state index in [0.717, 1.165) is 16.8 Å². The summed E-state index contributed by atoms with van der Waals surface area (Å²) in [6.45, 7) is 6.45. The summed E-state index contributed by atoms with van der Waals surface area (Å²) >= 11 is 0. The Morgan fingerprint density at radius 1 is 1.23 bits per heavy atom. The molecule has 1 fully saturated rings. The van der Waals surface area contributed by atoms with E-state index in [1.54, 1.807) is 23.1 Å². The molecule has 1 aliphatic heterocycles. The Bertz CT molecular complexity index is 845. The van der Waals surface area contributed by atoms with Gasteiger partial charge in [0, 0.05) is 18.7 Å². The topological polar surface area (TPSA) is 69.6 Å². The van der Waals surface area contributed by atoms with Crippen molar-refractivity contribution in [2.24, 2.45) is 5.92 Å². The molecule has 0 saturated carbocycles. The lowest BCUT2D eigenvalue weighted by atomic mass is 10.0. The maximum absolute atomic E-state index is 12.6. The molecule has 5 heteroatoms. The molecule has 5 nitrogen and oxygen atoms in total. The number of aryl methyl sites for hydroxylation is 1.